The average Bonchev–Trinajstić information content (AvgIpc) is 2.90. The maximum absolute atomic E-state index is 12.4. The minimum Gasteiger partial charge on any atom is -0.399 e. The molecule has 0 aliphatic rings. The summed E-state index contributed by atoms with van der Waals surface area (Å²) in [5.74, 6) is -0.197. The summed E-state index contributed by atoms with van der Waals surface area (Å²) >= 11 is 0.937. The topological polar surface area (TPSA) is 68.0 Å². The van der Waals surface area contributed by atoms with E-state index in [9.17, 15) is 18.0 Å². The van der Waals surface area contributed by atoms with Crippen molar-refractivity contribution in [3.63, 3.8) is 0 Å². The Morgan fingerprint density at radius 3 is 2.48 bits per heavy atom. The van der Waals surface area contributed by atoms with Gasteiger partial charge in [0.05, 0.1) is 11.4 Å². The van der Waals surface area contributed by atoms with Crippen molar-refractivity contribution in [3.8, 4) is 0 Å². The molecule has 0 fully saturated rings. The van der Waals surface area contributed by atoms with Gasteiger partial charge in [-0.2, -0.15) is 13.2 Å². The summed E-state index contributed by atoms with van der Waals surface area (Å²) in [6.07, 6.45) is -3.95. The Hall–Kier alpha value is -1.80. The highest BCUT2D eigenvalue weighted by atomic mass is 35.5. The smallest absolute Gasteiger partial charge is 0.399 e. The number of hydrogen-bond acceptors (Lipinski definition) is 4. The predicted molar refractivity (Wildman–Crippen MR) is 85.6 cm³/mol. The van der Waals surface area contributed by atoms with Crippen LogP contribution in [-0.4, -0.2) is 17.4 Å². The molecule has 2 rings (SSSR count). The number of halogens is 4. The summed E-state index contributed by atoms with van der Waals surface area (Å²) < 4.78 is 37.2. The lowest BCUT2D eigenvalue weighted by atomic mass is 10.1. The Balaban J connectivity index is 0.00000264. The van der Waals surface area contributed by atoms with E-state index in [0.717, 1.165) is 22.3 Å². The van der Waals surface area contributed by atoms with Crippen LogP contribution in [-0.2, 0) is 23.8 Å². The van der Waals surface area contributed by atoms with Crippen molar-refractivity contribution >= 4 is 35.3 Å². The third-order valence-electron chi connectivity index (χ3n) is 2.85. The number of aromatic nitrogens is 1. The van der Waals surface area contributed by atoms with E-state index < -0.39 is 11.9 Å². The SMILES string of the molecule is Cl.Nc1ccc(CC(=O)NCCc2nc(C(F)(F)F)cs2)cc1. The lowest BCUT2D eigenvalue weighted by molar-refractivity contribution is -0.140. The molecule has 126 valence electrons. The van der Waals surface area contributed by atoms with Gasteiger partial charge in [-0.1, -0.05) is 12.1 Å². The third-order valence-corrected chi connectivity index (χ3v) is 3.76. The van der Waals surface area contributed by atoms with E-state index in [1.807, 2.05) is 0 Å². The number of carbonyl (C=O) groups is 1. The van der Waals surface area contributed by atoms with Gasteiger partial charge in [0.2, 0.25) is 5.91 Å². The number of nitrogen functional groups attached to an aromatic ring is 1. The van der Waals surface area contributed by atoms with Crippen LogP contribution in [0.5, 0.6) is 0 Å². The molecule has 9 heteroatoms. The molecule has 0 aliphatic heterocycles. The summed E-state index contributed by atoms with van der Waals surface area (Å²) in [6.45, 7) is 0.249. The van der Waals surface area contributed by atoms with Crippen LogP contribution in [0.15, 0.2) is 29.6 Å². The Kier molecular flexibility index (Phi) is 6.83. The van der Waals surface area contributed by atoms with Crippen LogP contribution in [0.3, 0.4) is 0 Å². The highest BCUT2D eigenvalue weighted by Crippen LogP contribution is 2.29. The average molecular weight is 366 g/mol. The van der Waals surface area contributed by atoms with E-state index in [4.69, 9.17) is 5.73 Å². The molecule has 1 amide bonds. The second-order valence-corrected chi connectivity index (χ2v) is 5.59. The first-order valence-corrected chi connectivity index (χ1v) is 7.35. The summed E-state index contributed by atoms with van der Waals surface area (Å²) in [4.78, 5) is 15.2. The summed E-state index contributed by atoms with van der Waals surface area (Å²) in [5.41, 5.74) is 6.10. The lowest BCUT2D eigenvalue weighted by Crippen LogP contribution is -2.27. The molecule has 0 saturated heterocycles. The molecule has 0 unspecified atom stereocenters. The van der Waals surface area contributed by atoms with Gasteiger partial charge < -0.3 is 11.1 Å². The number of nitrogens with one attached hydrogen (secondary N) is 1. The molecule has 2 aromatic rings. The van der Waals surface area contributed by atoms with Gasteiger partial charge in [-0.25, -0.2) is 4.98 Å². The minimum absolute atomic E-state index is 0. The van der Waals surface area contributed by atoms with Crippen LogP contribution in [0.25, 0.3) is 0 Å². The van der Waals surface area contributed by atoms with Gasteiger partial charge in [0, 0.05) is 24.0 Å². The number of thiazole rings is 1. The Labute approximate surface area is 141 Å². The number of anilines is 1. The number of carbonyl (C=O) groups excluding carboxylic acids is 1. The first kappa shape index (κ1) is 19.2. The van der Waals surface area contributed by atoms with Crippen molar-refractivity contribution in [2.45, 2.75) is 19.0 Å². The highest BCUT2D eigenvalue weighted by molar-refractivity contribution is 7.09. The maximum Gasteiger partial charge on any atom is 0.434 e. The molecule has 1 aromatic carbocycles. The molecule has 0 radical (unpaired) electrons. The molecule has 0 saturated carbocycles. The van der Waals surface area contributed by atoms with Gasteiger partial charge in [-0.3, -0.25) is 4.79 Å². The minimum atomic E-state index is -4.42. The van der Waals surface area contributed by atoms with Crippen molar-refractivity contribution in [2.24, 2.45) is 0 Å². The molecule has 0 atom stereocenters. The number of amides is 1. The maximum atomic E-state index is 12.4. The third kappa shape index (κ3) is 6.07. The van der Waals surface area contributed by atoms with Gasteiger partial charge in [0.25, 0.3) is 0 Å². The summed E-state index contributed by atoms with van der Waals surface area (Å²) in [6, 6.07) is 6.92. The second-order valence-electron chi connectivity index (χ2n) is 4.64. The Bertz CT molecular complexity index is 643. The van der Waals surface area contributed by atoms with Gasteiger partial charge in [-0.15, -0.1) is 23.7 Å². The Morgan fingerprint density at radius 2 is 1.91 bits per heavy atom. The molecular weight excluding hydrogens is 351 g/mol. The first-order valence-electron chi connectivity index (χ1n) is 6.47. The zero-order valence-electron chi connectivity index (χ0n) is 11.9. The van der Waals surface area contributed by atoms with Crippen LogP contribution < -0.4 is 11.1 Å². The van der Waals surface area contributed by atoms with Crippen molar-refractivity contribution in [2.75, 3.05) is 12.3 Å². The molecule has 1 aromatic heterocycles. The lowest BCUT2D eigenvalue weighted by Gasteiger charge is -2.04. The van der Waals surface area contributed by atoms with Gasteiger partial charge in [0.15, 0.2) is 5.69 Å². The van der Waals surface area contributed by atoms with Crippen LogP contribution in [0.2, 0.25) is 0 Å². The molecule has 0 spiro atoms. The number of nitrogens with two attached hydrogens (primary N) is 1. The fraction of sp³-hybridized carbons (Fsp3) is 0.286. The van der Waals surface area contributed by atoms with Gasteiger partial charge in [0.1, 0.15) is 0 Å². The largest absolute Gasteiger partial charge is 0.434 e. The molecule has 23 heavy (non-hydrogen) atoms. The van der Waals surface area contributed by atoms with Gasteiger partial charge >= 0.3 is 6.18 Å². The predicted octanol–water partition coefficient (Wildman–Crippen LogP) is 3.07. The molecule has 0 bridgehead atoms. The van der Waals surface area contributed by atoms with E-state index in [1.165, 1.54) is 0 Å². The van der Waals surface area contributed by atoms with Crippen molar-refractivity contribution < 1.29 is 18.0 Å². The van der Waals surface area contributed by atoms with E-state index in [1.54, 1.807) is 24.3 Å². The van der Waals surface area contributed by atoms with Crippen LogP contribution in [0.4, 0.5) is 18.9 Å². The zero-order chi connectivity index (χ0) is 16.2. The fourth-order valence-corrected chi connectivity index (χ4v) is 2.55. The zero-order valence-corrected chi connectivity index (χ0v) is 13.5. The molecule has 1 heterocycles. The number of alkyl halides is 3. The van der Waals surface area contributed by atoms with Crippen LogP contribution in [0, 0.1) is 0 Å². The quantitative estimate of drug-likeness (QED) is 0.800. The fourth-order valence-electron chi connectivity index (χ4n) is 1.75. The second kappa shape index (κ2) is 8.16. The summed E-state index contributed by atoms with van der Waals surface area (Å²) in [7, 11) is 0. The molecular formula is C14H15ClF3N3OS. The van der Waals surface area contributed by atoms with E-state index >= 15 is 0 Å². The Morgan fingerprint density at radius 1 is 1.26 bits per heavy atom. The first-order chi connectivity index (χ1) is 10.3. The monoisotopic (exact) mass is 365 g/mol. The molecule has 0 aliphatic carbocycles. The standard InChI is InChI=1S/C14H14F3N3OS.ClH/c15-14(16,17)11-8-22-13(20-11)5-6-19-12(21)7-9-1-3-10(18)4-2-9;/h1-4,8H,5-7,18H2,(H,19,21);1H. The van der Waals surface area contributed by atoms with E-state index in [2.05, 4.69) is 10.3 Å². The number of benzene rings is 1. The normalized spacial score (nSPS) is 10.9. The number of hydrogen-bond donors (Lipinski definition) is 2. The van der Waals surface area contributed by atoms with E-state index in [0.29, 0.717) is 10.7 Å². The molecule has 3 N–H and O–H groups in total. The number of nitrogens with zero attached hydrogens (tertiary/aromatic N) is 1. The van der Waals surface area contributed by atoms with Crippen molar-refractivity contribution in [1.82, 2.24) is 10.3 Å². The van der Waals surface area contributed by atoms with Crippen LogP contribution >= 0.6 is 23.7 Å². The highest BCUT2D eigenvalue weighted by Gasteiger charge is 2.33. The van der Waals surface area contributed by atoms with Crippen molar-refractivity contribution in [3.05, 3.63) is 45.9 Å². The van der Waals surface area contributed by atoms with Gasteiger partial charge in [-0.05, 0) is 17.7 Å². The molecule has 4 nitrogen and oxygen atoms in total. The van der Waals surface area contributed by atoms with E-state index in [-0.39, 0.29) is 37.7 Å². The number of rotatable bonds is 5. The van der Waals surface area contributed by atoms with Crippen LogP contribution in [0.1, 0.15) is 16.3 Å². The summed E-state index contributed by atoms with van der Waals surface area (Å²) in [5, 5.41) is 3.98. The van der Waals surface area contributed by atoms with Crippen molar-refractivity contribution in [1.29, 1.82) is 0 Å².